The Morgan fingerprint density at radius 1 is 1.48 bits per heavy atom. The minimum Gasteiger partial charge on any atom is -0.353 e. The number of benzene rings is 1. The highest BCUT2D eigenvalue weighted by Crippen LogP contribution is 2.20. The van der Waals surface area contributed by atoms with Gasteiger partial charge in [0.2, 0.25) is 5.91 Å². The number of halogens is 1. The number of hydrogen-bond donors (Lipinski definition) is 2. The average molecular weight is 345 g/mol. The normalized spacial score (nSPS) is 21.0. The van der Waals surface area contributed by atoms with Crippen LogP contribution in [0.15, 0.2) is 36.7 Å². The summed E-state index contributed by atoms with van der Waals surface area (Å²) in [4.78, 5) is 14.5. The highest BCUT2D eigenvalue weighted by atomic mass is 19.1. The summed E-state index contributed by atoms with van der Waals surface area (Å²) in [6, 6.07) is 6.14. The number of carbonyl (C=O) groups excluding carboxylic acids is 1. The lowest BCUT2D eigenvalue weighted by Gasteiger charge is -2.23. The van der Waals surface area contributed by atoms with Crippen molar-refractivity contribution in [3.05, 3.63) is 48.0 Å². The SMILES string of the molecule is CC(C)NC(=O)[C@@H]1C[C@@H](N)CN1Cc1cnn(-c2cccc(F)c2)c1. The van der Waals surface area contributed by atoms with Crippen molar-refractivity contribution in [1.29, 1.82) is 0 Å². The first-order valence-electron chi connectivity index (χ1n) is 8.52. The molecule has 1 amide bonds. The predicted octanol–water partition coefficient (Wildman–Crippen LogP) is 1.44. The second kappa shape index (κ2) is 7.33. The molecule has 1 fully saturated rings. The molecule has 2 atom stereocenters. The molecule has 1 saturated heterocycles. The first-order chi connectivity index (χ1) is 11.9. The summed E-state index contributed by atoms with van der Waals surface area (Å²) < 4.78 is 15.0. The van der Waals surface area contributed by atoms with Crippen molar-refractivity contribution in [1.82, 2.24) is 20.0 Å². The Balaban J connectivity index is 1.72. The number of aromatic nitrogens is 2. The summed E-state index contributed by atoms with van der Waals surface area (Å²) in [5.41, 5.74) is 7.69. The Kier molecular flexibility index (Phi) is 5.15. The van der Waals surface area contributed by atoms with E-state index in [4.69, 9.17) is 5.73 Å². The van der Waals surface area contributed by atoms with Crippen molar-refractivity contribution in [2.24, 2.45) is 5.73 Å². The van der Waals surface area contributed by atoms with Crippen molar-refractivity contribution < 1.29 is 9.18 Å². The van der Waals surface area contributed by atoms with Crippen LogP contribution in [0, 0.1) is 5.82 Å². The van der Waals surface area contributed by atoms with Crippen LogP contribution in [-0.4, -0.2) is 45.3 Å². The zero-order chi connectivity index (χ0) is 18.0. The van der Waals surface area contributed by atoms with E-state index in [-0.39, 0.29) is 29.8 Å². The topological polar surface area (TPSA) is 76.2 Å². The van der Waals surface area contributed by atoms with Gasteiger partial charge in [0.25, 0.3) is 0 Å². The van der Waals surface area contributed by atoms with E-state index in [9.17, 15) is 9.18 Å². The maximum Gasteiger partial charge on any atom is 0.237 e. The molecule has 3 rings (SSSR count). The molecule has 1 aromatic carbocycles. The van der Waals surface area contributed by atoms with Gasteiger partial charge in [0, 0.05) is 36.9 Å². The van der Waals surface area contributed by atoms with Gasteiger partial charge in [-0.25, -0.2) is 9.07 Å². The molecule has 0 unspecified atom stereocenters. The number of nitrogens with two attached hydrogens (primary N) is 1. The molecule has 0 aliphatic carbocycles. The maximum absolute atomic E-state index is 13.4. The quantitative estimate of drug-likeness (QED) is 0.860. The molecule has 1 aliphatic rings. The standard InChI is InChI=1S/C18H24FN5O/c1-12(2)22-18(25)17-7-15(20)11-23(17)9-13-8-21-24(10-13)16-5-3-4-14(19)6-16/h3-6,8,10,12,15,17H,7,9,11,20H2,1-2H3,(H,22,25)/t15-,17+/m1/s1. The number of likely N-dealkylation sites (tertiary alicyclic amines) is 1. The molecule has 0 saturated carbocycles. The van der Waals surface area contributed by atoms with Crippen LogP contribution < -0.4 is 11.1 Å². The van der Waals surface area contributed by atoms with E-state index in [1.54, 1.807) is 23.0 Å². The van der Waals surface area contributed by atoms with Crippen molar-refractivity contribution in [3.8, 4) is 5.69 Å². The molecular weight excluding hydrogens is 321 g/mol. The van der Waals surface area contributed by atoms with Gasteiger partial charge in [-0.05, 0) is 38.5 Å². The fourth-order valence-corrected chi connectivity index (χ4v) is 3.20. The molecule has 6 nitrogen and oxygen atoms in total. The molecule has 2 heterocycles. The van der Waals surface area contributed by atoms with E-state index < -0.39 is 0 Å². The van der Waals surface area contributed by atoms with Crippen LogP contribution in [0.4, 0.5) is 4.39 Å². The highest BCUT2D eigenvalue weighted by molar-refractivity contribution is 5.82. The third kappa shape index (κ3) is 4.24. The van der Waals surface area contributed by atoms with Crippen LogP contribution in [-0.2, 0) is 11.3 Å². The molecule has 2 aromatic rings. The van der Waals surface area contributed by atoms with Gasteiger partial charge < -0.3 is 11.1 Å². The van der Waals surface area contributed by atoms with Crippen LogP contribution in [0.2, 0.25) is 0 Å². The average Bonchev–Trinajstić information content (AvgIpc) is 3.14. The number of rotatable bonds is 5. The summed E-state index contributed by atoms with van der Waals surface area (Å²) in [7, 11) is 0. The Morgan fingerprint density at radius 2 is 2.28 bits per heavy atom. The van der Waals surface area contributed by atoms with E-state index in [0.717, 1.165) is 5.56 Å². The van der Waals surface area contributed by atoms with Crippen LogP contribution in [0.3, 0.4) is 0 Å². The lowest BCUT2D eigenvalue weighted by Crippen LogP contribution is -2.45. The van der Waals surface area contributed by atoms with E-state index >= 15 is 0 Å². The highest BCUT2D eigenvalue weighted by Gasteiger charge is 2.35. The fourth-order valence-electron chi connectivity index (χ4n) is 3.20. The van der Waals surface area contributed by atoms with Crippen molar-refractivity contribution in [2.75, 3.05) is 6.54 Å². The predicted molar refractivity (Wildman–Crippen MR) is 93.6 cm³/mol. The number of nitrogens with one attached hydrogen (secondary N) is 1. The zero-order valence-corrected chi connectivity index (χ0v) is 14.5. The van der Waals surface area contributed by atoms with E-state index in [1.807, 2.05) is 20.0 Å². The Hall–Kier alpha value is -2.25. The lowest BCUT2D eigenvalue weighted by atomic mass is 10.1. The van der Waals surface area contributed by atoms with E-state index in [0.29, 0.717) is 25.2 Å². The van der Waals surface area contributed by atoms with Crippen LogP contribution in [0.5, 0.6) is 0 Å². The molecule has 1 aromatic heterocycles. The minimum atomic E-state index is -0.300. The van der Waals surface area contributed by atoms with E-state index in [2.05, 4.69) is 15.3 Å². The number of nitrogens with zero attached hydrogens (tertiary/aromatic N) is 3. The summed E-state index contributed by atoms with van der Waals surface area (Å²) >= 11 is 0. The summed E-state index contributed by atoms with van der Waals surface area (Å²) in [5.74, 6) is -0.286. The lowest BCUT2D eigenvalue weighted by molar-refractivity contribution is -0.126. The van der Waals surface area contributed by atoms with Crippen molar-refractivity contribution in [3.63, 3.8) is 0 Å². The summed E-state index contributed by atoms with van der Waals surface area (Å²) in [6.07, 6.45) is 4.25. The van der Waals surface area contributed by atoms with Crippen LogP contribution >= 0.6 is 0 Å². The minimum absolute atomic E-state index is 0.0128. The molecule has 1 aliphatic heterocycles. The molecule has 0 radical (unpaired) electrons. The smallest absolute Gasteiger partial charge is 0.237 e. The largest absolute Gasteiger partial charge is 0.353 e. The summed E-state index contributed by atoms with van der Waals surface area (Å²) in [5, 5.41) is 7.26. The maximum atomic E-state index is 13.4. The van der Waals surface area contributed by atoms with Crippen molar-refractivity contribution >= 4 is 5.91 Å². The second-order valence-electron chi connectivity index (χ2n) is 6.88. The molecule has 134 valence electrons. The molecule has 7 heteroatoms. The van der Waals surface area contributed by atoms with Gasteiger partial charge in [0.05, 0.1) is 17.9 Å². The van der Waals surface area contributed by atoms with Crippen LogP contribution in [0.1, 0.15) is 25.8 Å². The Bertz CT molecular complexity index is 745. The van der Waals surface area contributed by atoms with Gasteiger partial charge in [-0.1, -0.05) is 6.07 Å². The molecular formula is C18H24FN5O. The van der Waals surface area contributed by atoms with Gasteiger partial charge >= 0.3 is 0 Å². The molecule has 25 heavy (non-hydrogen) atoms. The van der Waals surface area contributed by atoms with Gasteiger partial charge in [-0.3, -0.25) is 9.69 Å². The number of carbonyl (C=O) groups is 1. The van der Waals surface area contributed by atoms with Gasteiger partial charge in [-0.15, -0.1) is 0 Å². The fraction of sp³-hybridized carbons (Fsp3) is 0.444. The van der Waals surface area contributed by atoms with Gasteiger partial charge in [-0.2, -0.15) is 5.10 Å². The number of amides is 1. The van der Waals surface area contributed by atoms with Gasteiger partial charge in [0.15, 0.2) is 0 Å². The van der Waals surface area contributed by atoms with E-state index in [1.165, 1.54) is 12.1 Å². The first kappa shape index (κ1) is 17.6. The second-order valence-corrected chi connectivity index (χ2v) is 6.88. The zero-order valence-electron chi connectivity index (χ0n) is 14.5. The molecule has 0 spiro atoms. The number of hydrogen-bond acceptors (Lipinski definition) is 4. The monoisotopic (exact) mass is 345 g/mol. The van der Waals surface area contributed by atoms with Crippen molar-refractivity contribution in [2.45, 2.75) is 44.9 Å². The first-order valence-corrected chi connectivity index (χ1v) is 8.52. The molecule has 3 N–H and O–H groups in total. The third-order valence-electron chi connectivity index (χ3n) is 4.26. The van der Waals surface area contributed by atoms with Crippen LogP contribution in [0.25, 0.3) is 5.69 Å². The summed E-state index contributed by atoms with van der Waals surface area (Å²) in [6.45, 7) is 5.14. The Labute approximate surface area is 146 Å². The molecule has 0 bridgehead atoms. The third-order valence-corrected chi connectivity index (χ3v) is 4.26. The van der Waals surface area contributed by atoms with Gasteiger partial charge in [0.1, 0.15) is 5.82 Å². The Morgan fingerprint density at radius 3 is 3.00 bits per heavy atom.